The van der Waals surface area contributed by atoms with Gasteiger partial charge in [0.05, 0.1) is 29.1 Å². The number of hydrogen-bond donors (Lipinski definition) is 2. The molecule has 0 radical (unpaired) electrons. The zero-order valence-electron chi connectivity index (χ0n) is 19.1. The van der Waals surface area contributed by atoms with Crippen LogP contribution in [0.5, 0.6) is 0 Å². The topological polar surface area (TPSA) is 73.9 Å². The molecule has 2 aromatic carbocycles. The number of carbonyl (C=O) groups excluding carboxylic acids is 1. The average molecular weight is 485 g/mol. The summed E-state index contributed by atoms with van der Waals surface area (Å²) in [5, 5.41) is 8.79. The summed E-state index contributed by atoms with van der Waals surface area (Å²) in [6.07, 6.45) is 0. The van der Waals surface area contributed by atoms with Crippen LogP contribution in [0.2, 0.25) is 0 Å². The van der Waals surface area contributed by atoms with Gasteiger partial charge in [-0.25, -0.2) is 4.67 Å². The van der Waals surface area contributed by atoms with Crippen LogP contribution in [0.15, 0.2) is 60.0 Å². The van der Waals surface area contributed by atoms with Gasteiger partial charge in [-0.3, -0.25) is 9.36 Å². The van der Waals surface area contributed by atoms with E-state index in [9.17, 15) is 9.36 Å². The summed E-state index contributed by atoms with van der Waals surface area (Å²) in [4.78, 5) is 15.5. The molecular formula is C24H29N4O3PS. The molecule has 1 aliphatic heterocycles. The minimum Gasteiger partial charge on any atom is -0.379 e. The second-order valence-corrected chi connectivity index (χ2v) is 11.5. The van der Waals surface area contributed by atoms with Crippen molar-refractivity contribution in [1.82, 2.24) is 4.67 Å². The van der Waals surface area contributed by atoms with Gasteiger partial charge in [0.25, 0.3) is 13.4 Å². The van der Waals surface area contributed by atoms with E-state index in [0.717, 1.165) is 16.9 Å². The number of ether oxygens (including phenoxy) is 1. The minimum atomic E-state index is -3.33. The fourth-order valence-electron chi connectivity index (χ4n) is 3.68. The van der Waals surface area contributed by atoms with E-state index < -0.39 is 7.44 Å². The van der Waals surface area contributed by atoms with Crippen LogP contribution in [0.25, 0.3) is 0 Å². The molecule has 4 rings (SSSR count). The van der Waals surface area contributed by atoms with Crippen LogP contribution in [0, 0.1) is 6.92 Å². The molecule has 174 valence electrons. The highest BCUT2D eigenvalue weighted by Crippen LogP contribution is 2.50. The van der Waals surface area contributed by atoms with Crippen molar-refractivity contribution in [3.8, 4) is 0 Å². The molecule has 7 nitrogen and oxygen atoms in total. The van der Waals surface area contributed by atoms with Gasteiger partial charge < -0.3 is 20.0 Å². The number of carbonyl (C=O) groups is 1. The molecule has 1 aromatic heterocycles. The van der Waals surface area contributed by atoms with E-state index in [1.54, 1.807) is 6.07 Å². The summed E-state index contributed by atoms with van der Waals surface area (Å²) in [7, 11) is 0.542. The third-order valence-electron chi connectivity index (χ3n) is 5.53. The fourth-order valence-corrected chi connectivity index (χ4v) is 6.81. The van der Waals surface area contributed by atoms with E-state index in [1.165, 1.54) is 11.3 Å². The predicted octanol–water partition coefficient (Wildman–Crippen LogP) is 4.64. The molecule has 3 aromatic rings. The quantitative estimate of drug-likeness (QED) is 0.476. The van der Waals surface area contributed by atoms with Gasteiger partial charge >= 0.3 is 0 Å². The van der Waals surface area contributed by atoms with Crippen molar-refractivity contribution in [3.05, 3.63) is 70.4 Å². The third-order valence-corrected chi connectivity index (χ3v) is 9.20. The number of aryl methyl sites for hydroxylation is 1. The lowest BCUT2D eigenvalue weighted by Gasteiger charge is -2.36. The molecule has 1 atom stereocenters. The summed E-state index contributed by atoms with van der Waals surface area (Å²) >= 11 is 1.37. The number of nitrogens with one attached hydrogen (secondary N) is 2. The van der Waals surface area contributed by atoms with Crippen molar-refractivity contribution in [2.24, 2.45) is 0 Å². The van der Waals surface area contributed by atoms with Gasteiger partial charge in [0.1, 0.15) is 0 Å². The highest BCUT2D eigenvalue weighted by molar-refractivity contribution is 7.71. The van der Waals surface area contributed by atoms with Crippen molar-refractivity contribution in [3.63, 3.8) is 0 Å². The van der Waals surface area contributed by atoms with E-state index in [-0.39, 0.29) is 5.91 Å². The zero-order chi connectivity index (χ0) is 23.4. The second-order valence-electron chi connectivity index (χ2n) is 8.15. The van der Waals surface area contributed by atoms with Gasteiger partial charge in [-0.05, 0) is 48.7 Å². The van der Waals surface area contributed by atoms with Gasteiger partial charge in [0.15, 0.2) is 0 Å². The molecule has 1 saturated heterocycles. The van der Waals surface area contributed by atoms with Gasteiger partial charge in [0.2, 0.25) is 0 Å². The Labute approximate surface area is 198 Å². The van der Waals surface area contributed by atoms with Gasteiger partial charge in [0, 0.05) is 38.6 Å². The number of thiophene rings is 1. The third kappa shape index (κ3) is 5.31. The number of morpholine rings is 1. The Morgan fingerprint density at radius 3 is 2.45 bits per heavy atom. The van der Waals surface area contributed by atoms with Crippen molar-refractivity contribution < 1.29 is 14.1 Å². The summed E-state index contributed by atoms with van der Waals surface area (Å²) in [6.45, 7) is 4.09. The van der Waals surface area contributed by atoms with Crippen LogP contribution in [-0.4, -0.2) is 51.0 Å². The number of benzene rings is 2. The Kier molecular flexibility index (Phi) is 7.20. The highest BCUT2D eigenvalue weighted by atomic mass is 32.1. The predicted molar refractivity (Wildman–Crippen MR) is 137 cm³/mol. The smallest absolute Gasteiger partial charge is 0.268 e. The van der Waals surface area contributed by atoms with E-state index in [2.05, 4.69) is 10.4 Å². The van der Waals surface area contributed by atoms with Gasteiger partial charge in [-0.2, -0.15) is 0 Å². The molecular weight excluding hydrogens is 455 g/mol. The van der Waals surface area contributed by atoms with E-state index in [1.807, 2.05) is 84.5 Å². The molecule has 33 heavy (non-hydrogen) atoms. The maximum Gasteiger partial charge on any atom is 0.268 e. The molecule has 0 saturated carbocycles. The first-order valence-electron chi connectivity index (χ1n) is 10.8. The largest absolute Gasteiger partial charge is 0.379 e. The second kappa shape index (κ2) is 10.1. The standard InChI is InChI=1S/C24H29N4O3PS/c1-18-6-8-19(9-7-18)26-32(30,28-12-14-31-15-13-28)22-11-10-20(27(2)3)17-21(22)25-24(29)23-5-4-16-33-23/h4-11,16-17H,12-15H2,1-3H3,(H,25,29)(H,26,30)/t32-/m1/s1. The molecule has 0 unspecified atom stereocenters. The Balaban J connectivity index is 1.79. The lowest BCUT2D eigenvalue weighted by molar-refractivity contribution is 0.0729. The monoisotopic (exact) mass is 484 g/mol. The molecule has 1 amide bonds. The number of anilines is 3. The normalized spacial score (nSPS) is 16.1. The molecule has 1 aliphatic rings. The van der Waals surface area contributed by atoms with Crippen LogP contribution < -0.4 is 20.6 Å². The molecule has 0 aliphatic carbocycles. The van der Waals surface area contributed by atoms with Crippen LogP contribution in [0.1, 0.15) is 15.2 Å². The summed E-state index contributed by atoms with van der Waals surface area (Å²) < 4.78 is 22.3. The first-order valence-corrected chi connectivity index (χ1v) is 13.4. The number of amides is 1. The Bertz CT molecular complexity index is 1140. The Morgan fingerprint density at radius 1 is 1.09 bits per heavy atom. The molecule has 2 N–H and O–H groups in total. The molecule has 9 heteroatoms. The van der Waals surface area contributed by atoms with Crippen molar-refractivity contribution in [2.75, 3.05) is 55.7 Å². The van der Waals surface area contributed by atoms with Crippen molar-refractivity contribution in [1.29, 1.82) is 0 Å². The lowest BCUT2D eigenvalue weighted by Crippen LogP contribution is -2.39. The van der Waals surface area contributed by atoms with Crippen LogP contribution >= 0.6 is 18.8 Å². The lowest BCUT2D eigenvalue weighted by atomic mass is 10.2. The fraction of sp³-hybridized carbons (Fsp3) is 0.292. The van der Waals surface area contributed by atoms with E-state index in [4.69, 9.17) is 4.74 Å². The average Bonchev–Trinajstić information content (AvgIpc) is 3.36. The van der Waals surface area contributed by atoms with Gasteiger partial charge in [-0.1, -0.05) is 23.8 Å². The summed E-state index contributed by atoms with van der Waals surface area (Å²) in [6, 6.07) is 17.1. The van der Waals surface area contributed by atoms with Crippen molar-refractivity contribution >= 4 is 47.1 Å². The molecule has 1 fully saturated rings. The van der Waals surface area contributed by atoms with Crippen LogP contribution in [0.4, 0.5) is 17.1 Å². The SMILES string of the molecule is Cc1ccc(N[P@](=O)(c2ccc(N(C)C)cc2NC(=O)c2cccs2)N2CCOCC2)cc1. The zero-order valence-corrected chi connectivity index (χ0v) is 20.8. The highest BCUT2D eigenvalue weighted by Gasteiger charge is 2.36. The van der Waals surface area contributed by atoms with E-state index in [0.29, 0.717) is 42.2 Å². The minimum absolute atomic E-state index is 0.217. The maximum absolute atomic E-state index is 14.8. The van der Waals surface area contributed by atoms with Crippen LogP contribution in [0.3, 0.4) is 0 Å². The number of nitrogens with zero attached hydrogens (tertiary/aromatic N) is 2. The molecule has 0 bridgehead atoms. The number of rotatable bonds is 7. The first-order chi connectivity index (χ1) is 15.9. The summed E-state index contributed by atoms with van der Waals surface area (Å²) in [5.41, 5.74) is 3.33. The van der Waals surface area contributed by atoms with E-state index >= 15 is 0 Å². The van der Waals surface area contributed by atoms with Gasteiger partial charge in [-0.15, -0.1) is 11.3 Å². The summed E-state index contributed by atoms with van der Waals surface area (Å²) in [5.74, 6) is -0.217. The Hall–Kier alpha value is -2.64. The van der Waals surface area contributed by atoms with Crippen molar-refractivity contribution in [2.45, 2.75) is 6.92 Å². The number of hydrogen-bond acceptors (Lipinski definition) is 5. The molecule has 0 spiro atoms. The Morgan fingerprint density at radius 2 is 1.82 bits per heavy atom. The first kappa shape index (κ1) is 23.5. The maximum atomic E-state index is 14.8. The van der Waals surface area contributed by atoms with Crippen LogP contribution in [-0.2, 0) is 9.30 Å². The molecule has 2 heterocycles.